The van der Waals surface area contributed by atoms with Crippen molar-refractivity contribution in [3.8, 4) is 0 Å². The molecule has 16 nitrogen and oxygen atoms in total. The number of urea groups is 1. The van der Waals surface area contributed by atoms with E-state index in [-0.39, 0.29) is 50.6 Å². The highest BCUT2D eigenvalue weighted by Gasteiger charge is 2.42. The van der Waals surface area contributed by atoms with E-state index in [1.165, 1.54) is 12.8 Å². The van der Waals surface area contributed by atoms with Gasteiger partial charge in [-0.25, -0.2) is 4.79 Å². The van der Waals surface area contributed by atoms with E-state index in [2.05, 4.69) is 26.6 Å². The van der Waals surface area contributed by atoms with Crippen LogP contribution >= 0.6 is 11.8 Å². The van der Waals surface area contributed by atoms with E-state index in [1.807, 2.05) is 16.7 Å². The Morgan fingerprint density at radius 3 is 2.02 bits per heavy atom. The zero-order valence-corrected chi connectivity index (χ0v) is 29.5. The zero-order chi connectivity index (χ0) is 35.4. The maximum atomic E-state index is 12.8. The fraction of sp³-hybridized carbons (Fsp3) is 0.844. The number of thioether (sulfide) groups is 1. The first-order valence-corrected chi connectivity index (χ1v) is 18.9. The molecule has 3 aliphatic heterocycles. The molecule has 3 saturated heterocycles. The lowest BCUT2D eigenvalue weighted by Gasteiger charge is -2.32. The van der Waals surface area contributed by atoms with Gasteiger partial charge in [0, 0.05) is 69.4 Å². The standard InChI is InChI=1S/C32H58N8O8S/c41-27(35-11-7-2-1-5-9-33-10-6-3-4-8-26-31-25(23-49-26)36-32(48)37-31)20-39-15-14-38(21-29(44)45)13-12-34-24(18-28(42)43)19-40(17-16-39)22-30(46)47/h24-26,31,33-34H,1-23H2,(H,35,41)(H,42,43)(H,44,45)(H,46,47)(H2,36,37,48)/t24?,25-,26-,31-/m0/s1. The first kappa shape index (κ1) is 40.7. The van der Waals surface area contributed by atoms with E-state index in [9.17, 15) is 39.3 Å². The number of unbranched alkanes of at least 4 members (excludes halogenated alkanes) is 5. The third-order valence-electron chi connectivity index (χ3n) is 9.19. The van der Waals surface area contributed by atoms with Gasteiger partial charge >= 0.3 is 23.9 Å². The van der Waals surface area contributed by atoms with Crippen LogP contribution in [0.2, 0.25) is 0 Å². The first-order valence-electron chi connectivity index (χ1n) is 17.8. The number of aliphatic carboxylic acids is 3. The smallest absolute Gasteiger partial charge is 0.317 e. The summed E-state index contributed by atoms with van der Waals surface area (Å²) in [7, 11) is 0. The summed E-state index contributed by atoms with van der Waals surface area (Å²) in [6.07, 6.45) is 8.52. The van der Waals surface area contributed by atoms with Crippen LogP contribution < -0.4 is 26.6 Å². The van der Waals surface area contributed by atoms with E-state index in [1.54, 1.807) is 9.80 Å². The van der Waals surface area contributed by atoms with Crippen molar-refractivity contribution in [3.05, 3.63) is 0 Å². The van der Waals surface area contributed by atoms with E-state index >= 15 is 0 Å². The Morgan fingerprint density at radius 2 is 1.35 bits per heavy atom. The average Bonchev–Trinajstić information content (AvgIpc) is 3.58. The van der Waals surface area contributed by atoms with Gasteiger partial charge in [0.2, 0.25) is 5.91 Å². The number of fused-ring (bicyclic) bond motifs is 1. The van der Waals surface area contributed by atoms with Gasteiger partial charge in [0.1, 0.15) is 0 Å². The molecule has 0 aliphatic carbocycles. The van der Waals surface area contributed by atoms with Crippen molar-refractivity contribution in [1.82, 2.24) is 41.3 Å². The van der Waals surface area contributed by atoms with Crippen LogP contribution in [-0.4, -0.2) is 174 Å². The van der Waals surface area contributed by atoms with Crippen molar-refractivity contribution < 1.29 is 39.3 Å². The molecule has 1 unspecified atom stereocenters. The lowest BCUT2D eigenvalue weighted by atomic mass is 10.0. The van der Waals surface area contributed by atoms with Gasteiger partial charge in [0.25, 0.3) is 0 Å². The predicted octanol–water partition coefficient (Wildman–Crippen LogP) is -0.500. The largest absolute Gasteiger partial charge is 0.481 e. The Balaban J connectivity index is 1.28. The molecule has 0 bridgehead atoms. The van der Waals surface area contributed by atoms with Crippen LogP contribution in [0.15, 0.2) is 0 Å². The van der Waals surface area contributed by atoms with Crippen molar-refractivity contribution in [1.29, 1.82) is 0 Å². The summed E-state index contributed by atoms with van der Waals surface area (Å²) in [4.78, 5) is 64.0. The number of carboxylic acids is 3. The van der Waals surface area contributed by atoms with Gasteiger partial charge in [-0.3, -0.25) is 33.9 Å². The highest BCUT2D eigenvalue weighted by Crippen LogP contribution is 2.33. The molecular formula is C32H58N8O8S. The monoisotopic (exact) mass is 714 g/mol. The SMILES string of the molecule is O=C(O)CC1CN(CC(=O)O)CCN(CC(=O)NCCCCCCNCCCCC[C@@H]2SC[C@@H]3NC(=O)N[C@@H]32)CCN(CC(=O)O)CCN1. The van der Waals surface area contributed by atoms with Gasteiger partial charge in [-0.2, -0.15) is 11.8 Å². The van der Waals surface area contributed by atoms with Crippen molar-refractivity contribution in [2.24, 2.45) is 0 Å². The number of hydrogen-bond acceptors (Lipinski definition) is 11. The minimum absolute atomic E-state index is 0.0257. The summed E-state index contributed by atoms with van der Waals surface area (Å²) in [5, 5.41) is 44.4. The van der Waals surface area contributed by atoms with Crippen LogP contribution in [0.25, 0.3) is 0 Å². The molecule has 3 fully saturated rings. The number of nitrogens with zero attached hydrogens (tertiary/aromatic N) is 3. The van der Waals surface area contributed by atoms with Gasteiger partial charge in [-0.15, -0.1) is 0 Å². The third-order valence-corrected chi connectivity index (χ3v) is 10.7. The van der Waals surface area contributed by atoms with E-state index in [0.29, 0.717) is 57.1 Å². The molecule has 3 aliphatic rings. The molecule has 3 rings (SSSR count). The Bertz CT molecular complexity index is 1060. The normalized spacial score (nSPS) is 24.3. The number of hydrogen-bond donors (Lipinski definition) is 8. The molecule has 3 heterocycles. The molecule has 0 aromatic heterocycles. The van der Waals surface area contributed by atoms with Gasteiger partial charge in [-0.05, 0) is 38.8 Å². The summed E-state index contributed by atoms with van der Waals surface area (Å²) in [6.45, 7) is 4.71. The fourth-order valence-corrected chi connectivity index (χ4v) is 8.17. The first-order chi connectivity index (χ1) is 23.6. The van der Waals surface area contributed by atoms with Gasteiger partial charge in [0.05, 0.1) is 38.1 Å². The Hall–Kier alpha value is -2.70. The summed E-state index contributed by atoms with van der Waals surface area (Å²) in [6, 6.07) is 0.0506. The van der Waals surface area contributed by atoms with Crippen LogP contribution in [0.5, 0.6) is 0 Å². The van der Waals surface area contributed by atoms with Crippen LogP contribution in [0.4, 0.5) is 4.79 Å². The second-order valence-electron chi connectivity index (χ2n) is 13.3. The Morgan fingerprint density at radius 1 is 0.735 bits per heavy atom. The minimum Gasteiger partial charge on any atom is -0.481 e. The summed E-state index contributed by atoms with van der Waals surface area (Å²) >= 11 is 1.97. The molecule has 0 aromatic rings. The number of nitrogens with one attached hydrogen (secondary N) is 5. The van der Waals surface area contributed by atoms with E-state index in [0.717, 1.165) is 57.4 Å². The molecule has 0 radical (unpaired) electrons. The summed E-state index contributed by atoms with van der Waals surface area (Å²) in [5.41, 5.74) is 0. The summed E-state index contributed by atoms with van der Waals surface area (Å²) in [5.74, 6) is -2.12. The molecule has 4 atom stereocenters. The second-order valence-corrected chi connectivity index (χ2v) is 14.6. The molecule has 280 valence electrons. The quantitative estimate of drug-likeness (QED) is 0.0556. The van der Waals surface area contributed by atoms with E-state index < -0.39 is 23.9 Å². The van der Waals surface area contributed by atoms with Crippen molar-refractivity contribution >= 4 is 41.6 Å². The third kappa shape index (κ3) is 17.2. The molecule has 17 heteroatoms. The predicted molar refractivity (Wildman–Crippen MR) is 187 cm³/mol. The van der Waals surface area contributed by atoms with Crippen LogP contribution in [0.1, 0.15) is 57.8 Å². The highest BCUT2D eigenvalue weighted by atomic mass is 32.2. The van der Waals surface area contributed by atoms with Crippen LogP contribution in [-0.2, 0) is 19.2 Å². The average molecular weight is 715 g/mol. The number of rotatable bonds is 21. The van der Waals surface area contributed by atoms with Gasteiger partial charge < -0.3 is 41.9 Å². The maximum absolute atomic E-state index is 12.8. The van der Waals surface area contributed by atoms with Gasteiger partial charge in [-0.1, -0.05) is 25.7 Å². The van der Waals surface area contributed by atoms with Gasteiger partial charge in [0.15, 0.2) is 0 Å². The topological polar surface area (TPSA) is 216 Å². The Labute approximate surface area is 293 Å². The summed E-state index contributed by atoms with van der Waals surface area (Å²) < 4.78 is 0. The lowest BCUT2D eigenvalue weighted by molar-refractivity contribution is -0.139. The molecule has 0 spiro atoms. The molecule has 0 saturated carbocycles. The van der Waals surface area contributed by atoms with Crippen LogP contribution in [0, 0.1) is 0 Å². The number of carbonyl (C=O) groups excluding carboxylic acids is 2. The maximum Gasteiger partial charge on any atom is 0.317 e. The molecular weight excluding hydrogens is 656 g/mol. The van der Waals surface area contributed by atoms with E-state index in [4.69, 9.17) is 0 Å². The molecule has 8 N–H and O–H groups in total. The van der Waals surface area contributed by atoms with Crippen molar-refractivity contribution in [3.63, 3.8) is 0 Å². The van der Waals surface area contributed by atoms with Crippen LogP contribution in [0.3, 0.4) is 0 Å². The number of carbonyl (C=O) groups is 5. The molecule has 0 aromatic carbocycles. The highest BCUT2D eigenvalue weighted by molar-refractivity contribution is 8.00. The second kappa shape index (κ2) is 22.9. The zero-order valence-electron chi connectivity index (χ0n) is 28.7. The fourth-order valence-electron chi connectivity index (χ4n) is 6.63. The molecule has 3 amide bonds. The van der Waals surface area contributed by atoms with Crippen molar-refractivity contribution in [2.75, 3.05) is 90.8 Å². The van der Waals surface area contributed by atoms with Crippen molar-refractivity contribution in [2.45, 2.75) is 81.2 Å². The number of carboxylic acid groups (broad SMARTS) is 3. The molecule has 49 heavy (non-hydrogen) atoms. The Kier molecular flexibility index (Phi) is 19.0. The lowest BCUT2D eigenvalue weighted by Crippen LogP contribution is -2.51. The minimum atomic E-state index is -1.02. The number of amides is 3.